The molecular formula is C58H88O11S. The molecule has 0 amide bonds. The van der Waals surface area contributed by atoms with Gasteiger partial charge < -0.3 is 34.3 Å². The molecule has 10 fully saturated rings. The van der Waals surface area contributed by atoms with E-state index in [0.29, 0.717) is 68.0 Å². The van der Waals surface area contributed by atoms with Crippen LogP contribution in [0.5, 0.6) is 0 Å². The van der Waals surface area contributed by atoms with Crippen LogP contribution in [0.25, 0.3) is 0 Å². The van der Waals surface area contributed by atoms with Crippen molar-refractivity contribution in [1.82, 2.24) is 0 Å². The minimum Gasteiger partial charge on any atom is -0.387 e. The normalized spacial score (nSPS) is 52.2. The summed E-state index contributed by atoms with van der Waals surface area (Å²) in [6, 6.07) is 0. The van der Waals surface area contributed by atoms with E-state index in [2.05, 4.69) is 68.4 Å². The lowest BCUT2D eigenvalue weighted by Gasteiger charge is -2.68. The maximum Gasteiger partial charge on any atom is 0.397 e. The number of hydrogen-bond donors (Lipinski definition) is 4. The van der Waals surface area contributed by atoms with Gasteiger partial charge in [-0.15, -0.1) is 0 Å². The molecule has 2 spiro atoms. The summed E-state index contributed by atoms with van der Waals surface area (Å²) in [7, 11) is -4.74. The zero-order chi connectivity index (χ0) is 50.0. The summed E-state index contributed by atoms with van der Waals surface area (Å²) in [6.45, 7) is 26.0. The van der Waals surface area contributed by atoms with Gasteiger partial charge in [0.25, 0.3) is 0 Å². The van der Waals surface area contributed by atoms with Crippen molar-refractivity contribution in [2.24, 2.45) is 79.8 Å². The minimum absolute atomic E-state index is 0.00107. The summed E-state index contributed by atoms with van der Waals surface area (Å²) >= 11 is 0. The summed E-state index contributed by atoms with van der Waals surface area (Å²) in [5.74, 6) is -0.105. The Morgan fingerprint density at radius 3 is 2.16 bits per heavy atom. The summed E-state index contributed by atoms with van der Waals surface area (Å²) < 4.78 is 68.4. The van der Waals surface area contributed by atoms with Gasteiger partial charge in [0, 0.05) is 34.0 Å². The topological polar surface area (TPSA) is 161 Å². The van der Waals surface area contributed by atoms with Crippen molar-refractivity contribution in [3.8, 4) is 0 Å². The van der Waals surface area contributed by atoms with Gasteiger partial charge in [-0.2, -0.15) is 8.42 Å². The van der Waals surface area contributed by atoms with E-state index >= 15 is 0 Å². The lowest BCUT2D eigenvalue weighted by molar-refractivity contribution is -0.375. The van der Waals surface area contributed by atoms with Crippen molar-refractivity contribution in [1.29, 1.82) is 0 Å². The molecule has 14 rings (SSSR count). The molecule has 0 aromatic carbocycles. The molecule has 8 aliphatic carbocycles. The highest BCUT2D eigenvalue weighted by Crippen LogP contribution is 2.74. The van der Waals surface area contributed by atoms with Crippen molar-refractivity contribution in [2.45, 2.75) is 233 Å². The van der Waals surface area contributed by atoms with Gasteiger partial charge in [0.2, 0.25) is 5.79 Å². The van der Waals surface area contributed by atoms with E-state index in [-0.39, 0.29) is 51.5 Å². The first-order chi connectivity index (χ1) is 32.5. The van der Waals surface area contributed by atoms with Gasteiger partial charge in [0.05, 0.1) is 42.7 Å². The highest BCUT2D eigenvalue weighted by Gasteiger charge is 2.73. The van der Waals surface area contributed by atoms with Crippen LogP contribution in [0.2, 0.25) is 0 Å². The van der Waals surface area contributed by atoms with Crippen molar-refractivity contribution >= 4 is 10.4 Å². The predicted molar refractivity (Wildman–Crippen MR) is 265 cm³/mol. The number of aliphatic hydroxyl groups is 3. The summed E-state index contributed by atoms with van der Waals surface area (Å²) in [6.07, 6.45) is 16.9. The van der Waals surface area contributed by atoms with Crippen LogP contribution in [0.15, 0.2) is 33.9 Å². The standard InChI is InChI=1S/C58H88O11S/c1-32(37-14-16-39-35-13-18-45-49(3,4)58(61)46(59)29-56(45,31-66-58)41(35)20-22-52(37,39)9)12-19-47-54(11)28-34(51(7,8)69-54)26-43(67-47)33(2)38-15-17-40-36-27-44(68-70(62,63)64)48-50(5,6)57(60)25-24-55(48,30-65-57)42(36)21-23-53(38,40)10/h18,32-34,37-40,43-44,46-48,59-61H,12-17,19-31H2,1-11H3,(H,62,63,64)/t32-,33+,34-,37-,38-,39+,40+,43-,44+,46+,47+,48+,52-,53-,54-,55+,56+,57+,58+/m1/s1. The molecule has 12 heteroatoms. The highest BCUT2D eigenvalue weighted by atomic mass is 32.3. The SMILES string of the molecule is C[C@@H]([C@H]1CC[C@H]2C3=C(CC[C@]12C)[C@]12CC[C@](O)(OC1)C(C)(C)[C@@H]2[C@@H](OS(=O)(=O)O)C3)[C@H]1C[C@@H]2C[C@@](C)(OC2(C)C)[C@H](CC[C@@H](C)[C@H]2CC[C@H]3C4=C(CC[C@]23C)[C@@]23CO[C@@](O)([C@@H](O)C2)C(C)(C)C3=CC4)O1. The Morgan fingerprint density at radius 2 is 1.49 bits per heavy atom. The summed E-state index contributed by atoms with van der Waals surface area (Å²) in [4.78, 5) is 0. The third-order valence-electron chi connectivity index (χ3n) is 24.9. The number of aliphatic hydroxyl groups excluding tert-OH is 1. The largest absolute Gasteiger partial charge is 0.397 e. The fourth-order valence-corrected chi connectivity index (χ4v) is 21.9. The first-order valence-corrected chi connectivity index (χ1v) is 29.4. The lowest BCUT2D eigenvalue weighted by atomic mass is 9.42. The van der Waals surface area contributed by atoms with Gasteiger partial charge >= 0.3 is 10.4 Å². The number of rotatable bonds is 8. The van der Waals surface area contributed by atoms with Gasteiger partial charge in [-0.25, -0.2) is 4.18 Å². The molecule has 11 nitrogen and oxygen atoms in total. The monoisotopic (exact) mass is 993 g/mol. The van der Waals surface area contributed by atoms with Crippen LogP contribution < -0.4 is 0 Å². The van der Waals surface area contributed by atoms with Crippen molar-refractivity contribution in [3.05, 3.63) is 33.9 Å². The van der Waals surface area contributed by atoms with Gasteiger partial charge in [0.15, 0.2) is 5.79 Å². The molecule has 0 aromatic rings. The molecular weight excluding hydrogens is 905 g/mol. The summed E-state index contributed by atoms with van der Waals surface area (Å²) in [5, 5.41) is 34.7. The minimum atomic E-state index is -4.74. The van der Waals surface area contributed by atoms with Crippen LogP contribution in [0.3, 0.4) is 0 Å². The molecule has 70 heavy (non-hydrogen) atoms. The van der Waals surface area contributed by atoms with E-state index in [4.69, 9.17) is 23.1 Å². The van der Waals surface area contributed by atoms with E-state index in [1.165, 1.54) is 35.1 Å². The Morgan fingerprint density at radius 1 is 0.814 bits per heavy atom. The van der Waals surface area contributed by atoms with Crippen molar-refractivity contribution in [3.63, 3.8) is 0 Å². The third-order valence-corrected chi connectivity index (χ3v) is 25.4. The van der Waals surface area contributed by atoms with Crippen LogP contribution in [0.1, 0.15) is 185 Å². The molecule has 0 radical (unpaired) electrons. The Labute approximate surface area is 419 Å². The maximum atomic E-state index is 12.6. The van der Waals surface area contributed by atoms with E-state index in [1.54, 1.807) is 5.57 Å². The zero-order valence-corrected chi connectivity index (χ0v) is 45.3. The fraction of sp³-hybridized carbons (Fsp3) is 0.897. The van der Waals surface area contributed by atoms with E-state index < -0.39 is 50.4 Å². The third kappa shape index (κ3) is 6.39. The van der Waals surface area contributed by atoms with Crippen LogP contribution in [0.4, 0.5) is 0 Å². The number of fused-ring (bicyclic) bond motifs is 10. The second kappa shape index (κ2) is 15.3. The molecule has 6 aliphatic heterocycles. The predicted octanol–water partition coefficient (Wildman–Crippen LogP) is 10.6. The Kier molecular flexibility index (Phi) is 10.8. The van der Waals surface area contributed by atoms with E-state index in [0.717, 1.165) is 77.0 Å². The number of allylic oxidation sites excluding steroid dienone is 2. The molecule has 6 saturated heterocycles. The Hall–Kier alpha value is -1.19. The van der Waals surface area contributed by atoms with Crippen LogP contribution >= 0.6 is 0 Å². The van der Waals surface area contributed by atoms with Crippen LogP contribution in [-0.2, 0) is 33.5 Å². The first kappa shape index (κ1) is 49.7. The average Bonchev–Trinajstić information content (AvgIpc) is 3.85. The molecule has 4 saturated carbocycles. The molecule has 392 valence electrons. The number of ether oxygens (including phenoxy) is 4. The van der Waals surface area contributed by atoms with Crippen LogP contribution in [0, 0.1) is 79.8 Å². The molecule has 0 aromatic heterocycles. The summed E-state index contributed by atoms with van der Waals surface area (Å²) in [5.41, 5.74) is 4.66. The maximum absolute atomic E-state index is 12.6. The van der Waals surface area contributed by atoms with E-state index in [9.17, 15) is 28.3 Å². The molecule has 4 N–H and O–H groups in total. The highest BCUT2D eigenvalue weighted by molar-refractivity contribution is 7.80. The average molecular weight is 993 g/mol. The van der Waals surface area contributed by atoms with Crippen LogP contribution in [-0.4, -0.2) is 88.7 Å². The van der Waals surface area contributed by atoms with Gasteiger partial charge in [-0.05, 0) is 176 Å². The molecule has 6 heterocycles. The Bertz CT molecular complexity index is 2410. The fourth-order valence-electron chi connectivity index (χ4n) is 21.4. The Balaban J connectivity index is 0.778. The number of hydrogen-bond acceptors (Lipinski definition) is 10. The molecule has 0 unspecified atom stereocenters. The smallest absolute Gasteiger partial charge is 0.387 e. The van der Waals surface area contributed by atoms with Gasteiger partial charge in [-0.3, -0.25) is 4.55 Å². The van der Waals surface area contributed by atoms with Gasteiger partial charge in [-0.1, -0.05) is 89.3 Å². The quantitative estimate of drug-likeness (QED) is 0.135. The van der Waals surface area contributed by atoms with Gasteiger partial charge in [0.1, 0.15) is 6.10 Å². The second-order valence-corrected chi connectivity index (χ2v) is 29.7. The zero-order valence-electron chi connectivity index (χ0n) is 44.5. The lowest BCUT2D eigenvalue weighted by Crippen LogP contribution is -2.71. The first-order valence-electron chi connectivity index (χ1n) is 28.1. The molecule has 14 aliphatic rings. The molecule has 6 bridgehead atoms. The van der Waals surface area contributed by atoms with E-state index in [1.807, 2.05) is 13.8 Å². The van der Waals surface area contributed by atoms with Crippen molar-refractivity contribution < 1.29 is 51.4 Å². The second-order valence-electron chi connectivity index (χ2n) is 28.7. The molecule has 19 atom stereocenters. The van der Waals surface area contributed by atoms with Crippen molar-refractivity contribution in [2.75, 3.05) is 13.2 Å².